The molecule has 0 radical (unpaired) electrons. The molecule has 1 heterocycles. The Hall–Kier alpha value is -1.49. The third-order valence-corrected chi connectivity index (χ3v) is 1.45. The maximum absolute atomic E-state index is 10.3. The van der Waals surface area contributed by atoms with Crippen LogP contribution in [0.15, 0.2) is 23.0 Å². The Morgan fingerprint density at radius 2 is 2.50 bits per heavy atom. The highest BCUT2D eigenvalue weighted by atomic mass is 16.5. The molecule has 66 valence electrons. The third kappa shape index (κ3) is 2.28. The molecule has 0 saturated carbocycles. The molecule has 0 aliphatic heterocycles. The Morgan fingerprint density at radius 3 is 3.00 bits per heavy atom. The number of carbonyl (C=O) groups excluding carboxylic acids is 1. The van der Waals surface area contributed by atoms with Crippen LogP contribution in [-0.4, -0.2) is 22.8 Å². The highest BCUT2D eigenvalue weighted by Crippen LogP contribution is 2.01. The van der Waals surface area contributed by atoms with Gasteiger partial charge in [0.05, 0.1) is 19.1 Å². The summed E-state index contributed by atoms with van der Waals surface area (Å²) < 4.78 is 4.79. The molecule has 0 bridgehead atoms. The molecule has 0 aliphatic rings. The first-order valence-corrected chi connectivity index (χ1v) is 3.47. The van der Waals surface area contributed by atoms with Crippen molar-refractivity contribution in [2.45, 2.75) is 6.42 Å². The van der Waals surface area contributed by atoms with Crippen LogP contribution in [-0.2, 0) is 6.42 Å². The Labute approximate surface area is 69.3 Å². The first kappa shape index (κ1) is 8.61. The van der Waals surface area contributed by atoms with E-state index in [1.807, 2.05) is 0 Å². The molecule has 5 nitrogen and oxygen atoms in total. The van der Waals surface area contributed by atoms with E-state index in [4.69, 9.17) is 15.4 Å². The van der Waals surface area contributed by atoms with Crippen LogP contribution in [0, 0.1) is 0 Å². The standard InChI is InChI=1S/C7H10N2O3/c8-7(10)9(11)3-1-6-2-4-12-5-6/h2,4-5,11H,1,3H2,(H2,8,10). The summed E-state index contributed by atoms with van der Waals surface area (Å²) >= 11 is 0. The van der Waals surface area contributed by atoms with Crippen molar-refractivity contribution >= 4 is 6.03 Å². The largest absolute Gasteiger partial charge is 0.472 e. The molecule has 0 aliphatic carbocycles. The molecule has 0 spiro atoms. The second-order valence-electron chi connectivity index (χ2n) is 2.34. The fourth-order valence-corrected chi connectivity index (χ4v) is 0.780. The van der Waals surface area contributed by atoms with Crippen molar-refractivity contribution in [3.8, 4) is 0 Å². The Morgan fingerprint density at radius 1 is 1.75 bits per heavy atom. The Bertz CT molecular complexity index is 245. The fraction of sp³-hybridized carbons (Fsp3) is 0.286. The quantitative estimate of drug-likeness (QED) is 0.514. The summed E-state index contributed by atoms with van der Waals surface area (Å²) in [5.41, 5.74) is 5.70. The van der Waals surface area contributed by atoms with Crippen LogP contribution in [0.3, 0.4) is 0 Å². The van der Waals surface area contributed by atoms with Crippen molar-refractivity contribution in [3.63, 3.8) is 0 Å². The normalized spacial score (nSPS) is 9.75. The van der Waals surface area contributed by atoms with Gasteiger partial charge >= 0.3 is 6.03 Å². The minimum absolute atomic E-state index is 0.175. The van der Waals surface area contributed by atoms with Gasteiger partial charge in [0, 0.05) is 0 Å². The zero-order chi connectivity index (χ0) is 8.97. The monoisotopic (exact) mass is 170 g/mol. The van der Waals surface area contributed by atoms with E-state index >= 15 is 0 Å². The molecule has 0 aromatic carbocycles. The number of amides is 2. The smallest absolute Gasteiger partial charge is 0.338 e. The Balaban J connectivity index is 2.31. The molecule has 1 aromatic rings. The number of hydrogen-bond acceptors (Lipinski definition) is 3. The molecule has 1 rings (SSSR count). The van der Waals surface area contributed by atoms with Crippen molar-refractivity contribution in [2.75, 3.05) is 6.54 Å². The van der Waals surface area contributed by atoms with Gasteiger partial charge in [-0.1, -0.05) is 0 Å². The molecule has 0 fully saturated rings. The number of hydrogen-bond donors (Lipinski definition) is 2. The molecule has 5 heteroatoms. The van der Waals surface area contributed by atoms with Gasteiger partial charge in [-0.15, -0.1) is 0 Å². The summed E-state index contributed by atoms with van der Waals surface area (Å²) in [6.45, 7) is 0.175. The molecule has 0 unspecified atom stereocenters. The summed E-state index contributed by atoms with van der Waals surface area (Å²) in [4.78, 5) is 10.3. The lowest BCUT2D eigenvalue weighted by atomic mass is 10.2. The van der Waals surface area contributed by atoms with E-state index < -0.39 is 6.03 Å². The third-order valence-electron chi connectivity index (χ3n) is 1.45. The number of nitrogens with two attached hydrogens (primary N) is 1. The van der Waals surface area contributed by atoms with Crippen molar-refractivity contribution in [2.24, 2.45) is 5.73 Å². The van der Waals surface area contributed by atoms with Gasteiger partial charge in [-0.2, -0.15) is 0 Å². The summed E-state index contributed by atoms with van der Waals surface area (Å²) in [6, 6.07) is 0.910. The number of nitrogens with zero attached hydrogens (tertiary/aromatic N) is 1. The van der Waals surface area contributed by atoms with Gasteiger partial charge in [0.2, 0.25) is 0 Å². The second-order valence-corrected chi connectivity index (χ2v) is 2.34. The SMILES string of the molecule is NC(=O)N(O)CCc1ccoc1. The van der Waals surface area contributed by atoms with Gasteiger partial charge in [-0.05, 0) is 18.1 Å². The van der Waals surface area contributed by atoms with Crippen molar-refractivity contribution in [1.29, 1.82) is 0 Å². The maximum atomic E-state index is 10.3. The zero-order valence-corrected chi connectivity index (χ0v) is 6.43. The highest BCUT2D eigenvalue weighted by molar-refractivity contribution is 5.70. The molecule has 0 saturated heterocycles. The predicted molar refractivity (Wildman–Crippen MR) is 40.5 cm³/mol. The molecule has 1 aromatic heterocycles. The molecule has 0 atom stereocenters. The zero-order valence-electron chi connectivity index (χ0n) is 6.43. The van der Waals surface area contributed by atoms with Crippen molar-refractivity contribution in [3.05, 3.63) is 24.2 Å². The van der Waals surface area contributed by atoms with E-state index in [9.17, 15) is 4.79 Å². The fourth-order valence-electron chi connectivity index (χ4n) is 0.780. The van der Waals surface area contributed by atoms with E-state index in [0.29, 0.717) is 11.5 Å². The van der Waals surface area contributed by atoms with Crippen LogP contribution < -0.4 is 5.73 Å². The highest BCUT2D eigenvalue weighted by Gasteiger charge is 2.05. The van der Waals surface area contributed by atoms with Gasteiger partial charge in [-0.3, -0.25) is 5.21 Å². The van der Waals surface area contributed by atoms with E-state index in [2.05, 4.69) is 0 Å². The van der Waals surface area contributed by atoms with E-state index in [-0.39, 0.29) is 6.54 Å². The molecule has 2 amide bonds. The predicted octanol–water partition coefficient (Wildman–Crippen LogP) is 0.592. The topological polar surface area (TPSA) is 79.7 Å². The average Bonchev–Trinajstić information content (AvgIpc) is 2.51. The molecular formula is C7H10N2O3. The van der Waals surface area contributed by atoms with Crippen molar-refractivity contribution in [1.82, 2.24) is 5.06 Å². The van der Waals surface area contributed by atoms with Crippen LogP contribution in [0.25, 0.3) is 0 Å². The number of carbonyl (C=O) groups is 1. The number of rotatable bonds is 3. The van der Waals surface area contributed by atoms with E-state index in [1.165, 1.54) is 6.26 Å². The van der Waals surface area contributed by atoms with Gasteiger partial charge in [0.1, 0.15) is 0 Å². The maximum Gasteiger partial charge on any atom is 0.338 e. The van der Waals surface area contributed by atoms with Crippen LogP contribution in [0.2, 0.25) is 0 Å². The molecular weight excluding hydrogens is 160 g/mol. The first-order chi connectivity index (χ1) is 5.70. The molecule has 12 heavy (non-hydrogen) atoms. The number of urea groups is 1. The Kier molecular flexibility index (Phi) is 2.71. The lowest BCUT2D eigenvalue weighted by Crippen LogP contribution is -2.34. The van der Waals surface area contributed by atoms with Crippen LogP contribution in [0.4, 0.5) is 4.79 Å². The van der Waals surface area contributed by atoms with Gasteiger partial charge < -0.3 is 10.2 Å². The number of primary amides is 1. The number of hydroxylamine groups is 2. The molecule has 3 N–H and O–H groups in total. The minimum Gasteiger partial charge on any atom is -0.472 e. The first-order valence-electron chi connectivity index (χ1n) is 3.47. The van der Waals surface area contributed by atoms with Crippen molar-refractivity contribution < 1.29 is 14.4 Å². The van der Waals surface area contributed by atoms with Gasteiger partial charge in [0.25, 0.3) is 0 Å². The summed E-state index contributed by atoms with van der Waals surface area (Å²) in [5, 5.41) is 9.32. The van der Waals surface area contributed by atoms with Crippen LogP contribution in [0.5, 0.6) is 0 Å². The summed E-state index contributed by atoms with van der Waals surface area (Å²) in [7, 11) is 0. The number of furan rings is 1. The van der Waals surface area contributed by atoms with Crippen LogP contribution in [0.1, 0.15) is 5.56 Å². The van der Waals surface area contributed by atoms with Gasteiger partial charge in [0.15, 0.2) is 0 Å². The average molecular weight is 170 g/mol. The lowest BCUT2D eigenvalue weighted by molar-refractivity contribution is -0.0382. The van der Waals surface area contributed by atoms with Crippen LogP contribution >= 0.6 is 0 Å². The second kappa shape index (κ2) is 3.77. The lowest BCUT2D eigenvalue weighted by Gasteiger charge is -2.09. The van der Waals surface area contributed by atoms with E-state index in [0.717, 1.165) is 5.56 Å². The summed E-state index contributed by atoms with van der Waals surface area (Å²) in [5.74, 6) is 0. The minimum atomic E-state index is -0.849. The summed E-state index contributed by atoms with van der Waals surface area (Å²) in [6.07, 6.45) is 3.60. The van der Waals surface area contributed by atoms with Gasteiger partial charge in [-0.25, -0.2) is 9.86 Å². The van der Waals surface area contributed by atoms with E-state index in [1.54, 1.807) is 12.3 Å².